The van der Waals surface area contributed by atoms with Crippen molar-refractivity contribution in [3.8, 4) is 5.75 Å². The molecular weight excluding hydrogens is 335 g/mol. The summed E-state index contributed by atoms with van der Waals surface area (Å²) in [5.74, 6) is -0.0345. The van der Waals surface area contributed by atoms with E-state index in [9.17, 15) is 9.18 Å². The predicted octanol–water partition coefficient (Wildman–Crippen LogP) is 2.15. The average Bonchev–Trinajstić information content (AvgIpc) is 2.56. The van der Waals surface area contributed by atoms with Crippen LogP contribution in [0.4, 0.5) is 4.39 Å². The van der Waals surface area contributed by atoms with Gasteiger partial charge in [0.1, 0.15) is 11.6 Å². The molecule has 0 aromatic heterocycles. The summed E-state index contributed by atoms with van der Waals surface area (Å²) in [5, 5.41) is 6.29. The maximum Gasteiger partial charge on any atom is 0.260 e. The molecule has 1 aliphatic heterocycles. The Labute approximate surface area is 148 Å². The van der Waals surface area contributed by atoms with Gasteiger partial charge in [0.2, 0.25) is 0 Å². The van der Waals surface area contributed by atoms with Gasteiger partial charge in [0.05, 0.1) is 6.61 Å². The maximum atomic E-state index is 12.9. The maximum absolute atomic E-state index is 12.9. The molecule has 24 heavy (non-hydrogen) atoms. The van der Waals surface area contributed by atoms with Crippen LogP contribution in [0, 0.1) is 11.2 Å². The summed E-state index contributed by atoms with van der Waals surface area (Å²) in [6, 6.07) is 5.64. The van der Waals surface area contributed by atoms with Crippen molar-refractivity contribution in [2.24, 2.45) is 5.41 Å². The smallest absolute Gasteiger partial charge is 0.260 e. The first-order valence-electron chi connectivity index (χ1n) is 7.94. The zero-order valence-electron chi connectivity index (χ0n) is 14.1. The van der Waals surface area contributed by atoms with Crippen LogP contribution in [0.5, 0.6) is 5.75 Å². The molecule has 0 spiro atoms. The molecule has 2 N–H and O–H groups in total. The van der Waals surface area contributed by atoms with E-state index in [1.165, 1.54) is 24.3 Å². The lowest BCUT2D eigenvalue weighted by Crippen LogP contribution is -2.49. The van der Waals surface area contributed by atoms with Gasteiger partial charge in [-0.2, -0.15) is 0 Å². The molecule has 0 saturated carbocycles. The largest absolute Gasteiger partial charge is 0.481 e. The SMILES string of the molecule is COCC1(CNC(=O)C(C)Oc2ccc(F)cc2)CCNCC1.Cl. The molecule has 1 aromatic rings. The Morgan fingerprint density at radius 1 is 1.33 bits per heavy atom. The molecule has 1 aliphatic rings. The van der Waals surface area contributed by atoms with Gasteiger partial charge >= 0.3 is 0 Å². The molecule has 5 nitrogen and oxygen atoms in total. The highest BCUT2D eigenvalue weighted by molar-refractivity contribution is 5.85. The zero-order valence-corrected chi connectivity index (χ0v) is 15.0. The molecule has 1 heterocycles. The van der Waals surface area contributed by atoms with Crippen LogP contribution in [0.1, 0.15) is 19.8 Å². The van der Waals surface area contributed by atoms with E-state index in [0.29, 0.717) is 18.9 Å². The minimum Gasteiger partial charge on any atom is -0.481 e. The number of amides is 1. The van der Waals surface area contributed by atoms with E-state index in [-0.39, 0.29) is 29.5 Å². The average molecular weight is 361 g/mol. The number of hydrogen-bond acceptors (Lipinski definition) is 4. The Morgan fingerprint density at radius 3 is 2.54 bits per heavy atom. The summed E-state index contributed by atoms with van der Waals surface area (Å²) in [7, 11) is 1.69. The first kappa shape index (κ1) is 20.7. The number of carbonyl (C=O) groups excluding carboxylic acids is 1. The molecule has 0 radical (unpaired) electrons. The monoisotopic (exact) mass is 360 g/mol. The molecule has 1 aromatic carbocycles. The van der Waals surface area contributed by atoms with Crippen LogP contribution >= 0.6 is 12.4 Å². The molecule has 2 rings (SSSR count). The van der Waals surface area contributed by atoms with Crippen LogP contribution in [0.3, 0.4) is 0 Å². The summed E-state index contributed by atoms with van der Waals surface area (Å²) in [4.78, 5) is 12.2. The third kappa shape index (κ3) is 5.92. The van der Waals surface area contributed by atoms with Gasteiger partial charge in [0.25, 0.3) is 5.91 Å². The normalized spacial score (nSPS) is 17.5. The molecule has 1 saturated heterocycles. The van der Waals surface area contributed by atoms with Crippen molar-refractivity contribution in [1.29, 1.82) is 0 Å². The number of methoxy groups -OCH3 is 1. The first-order chi connectivity index (χ1) is 11.0. The van der Waals surface area contributed by atoms with Crippen molar-refractivity contribution < 1.29 is 18.7 Å². The second-order valence-corrected chi connectivity index (χ2v) is 6.11. The topological polar surface area (TPSA) is 59.6 Å². The number of rotatable bonds is 7. The van der Waals surface area contributed by atoms with Crippen molar-refractivity contribution in [3.05, 3.63) is 30.1 Å². The van der Waals surface area contributed by atoms with Gasteiger partial charge in [-0.15, -0.1) is 12.4 Å². The molecule has 136 valence electrons. The molecule has 1 atom stereocenters. The highest BCUT2D eigenvalue weighted by atomic mass is 35.5. The summed E-state index contributed by atoms with van der Waals surface area (Å²) >= 11 is 0. The highest BCUT2D eigenvalue weighted by Crippen LogP contribution is 2.28. The number of hydrogen-bond donors (Lipinski definition) is 2. The highest BCUT2D eigenvalue weighted by Gasteiger charge is 2.33. The minimum absolute atomic E-state index is 0. The van der Waals surface area contributed by atoms with E-state index in [0.717, 1.165) is 25.9 Å². The van der Waals surface area contributed by atoms with Crippen LogP contribution in [0.2, 0.25) is 0 Å². The van der Waals surface area contributed by atoms with Gasteiger partial charge in [-0.05, 0) is 57.1 Å². The Kier molecular flexibility index (Phi) is 8.45. The fraction of sp³-hybridized carbons (Fsp3) is 0.588. The van der Waals surface area contributed by atoms with E-state index < -0.39 is 6.10 Å². The first-order valence-corrected chi connectivity index (χ1v) is 7.94. The van der Waals surface area contributed by atoms with E-state index in [2.05, 4.69) is 10.6 Å². The van der Waals surface area contributed by atoms with E-state index >= 15 is 0 Å². The standard InChI is InChI=1S/C17H25FN2O3.ClH/c1-13(23-15-5-3-14(18)4-6-15)16(21)20-11-17(12-22-2)7-9-19-10-8-17;/h3-6,13,19H,7-12H2,1-2H3,(H,20,21);1H. The number of benzene rings is 1. The Morgan fingerprint density at radius 2 is 1.96 bits per heavy atom. The zero-order chi connectivity index (χ0) is 16.7. The second kappa shape index (κ2) is 9.81. The molecule has 7 heteroatoms. The van der Waals surface area contributed by atoms with Gasteiger partial charge in [0, 0.05) is 19.1 Å². The third-order valence-corrected chi connectivity index (χ3v) is 4.25. The molecule has 1 fully saturated rings. The van der Waals surface area contributed by atoms with Crippen molar-refractivity contribution in [2.45, 2.75) is 25.9 Å². The Balaban J connectivity index is 0.00000288. The van der Waals surface area contributed by atoms with E-state index in [1.54, 1.807) is 14.0 Å². The van der Waals surface area contributed by atoms with Crippen LogP contribution in [-0.4, -0.2) is 45.4 Å². The van der Waals surface area contributed by atoms with Crippen LogP contribution in [0.25, 0.3) is 0 Å². The van der Waals surface area contributed by atoms with Crippen molar-refractivity contribution in [3.63, 3.8) is 0 Å². The minimum atomic E-state index is -0.637. The van der Waals surface area contributed by atoms with E-state index in [1.807, 2.05) is 0 Å². The summed E-state index contributed by atoms with van der Waals surface area (Å²) in [6.45, 7) is 4.74. The summed E-state index contributed by atoms with van der Waals surface area (Å²) < 4.78 is 23.8. The molecule has 0 aliphatic carbocycles. The molecule has 0 bridgehead atoms. The van der Waals surface area contributed by atoms with Crippen molar-refractivity contribution in [1.82, 2.24) is 10.6 Å². The Hall–Kier alpha value is -1.37. The number of carbonyl (C=O) groups is 1. The molecule has 1 unspecified atom stereocenters. The summed E-state index contributed by atoms with van der Waals surface area (Å²) in [5.41, 5.74) is -0.0226. The van der Waals surface area contributed by atoms with Crippen LogP contribution in [-0.2, 0) is 9.53 Å². The van der Waals surface area contributed by atoms with Crippen molar-refractivity contribution in [2.75, 3.05) is 33.4 Å². The lowest BCUT2D eigenvalue weighted by Gasteiger charge is -2.37. The van der Waals surface area contributed by atoms with Gasteiger partial charge < -0.3 is 20.1 Å². The van der Waals surface area contributed by atoms with Crippen LogP contribution in [0.15, 0.2) is 24.3 Å². The number of piperidine rings is 1. The fourth-order valence-corrected chi connectivity index (χ4v) is 2.82. The second-order valence-electron chi connectivity index (χ2n) is 6.11. The van der Waals surface area contributed by atoms with Crippen LogP contribution < -0.4 is 15.4 Å². The quantitative estimate of drug-likeness (QED) is 0.782. The van der Waals surface area contributed by atoms with Gasteiger partial charge in [0.15, 0.2) is 6.10 Å². The lowest BCUT2D eigenvalue weighted by atomic mass is 9.79. The third-order valence-electron chi connectivity index (χ3n) is 4.25. The number of halogens is 2. The predicted molar refractivity (Wildman–Crippen MR) is 93.2 cm³/mol. The summed E-state index contributed by atoms with van der Waals surface area (Å²) in [6.07, 6.45) is 1.30. The number of ether oxygens (including phenoxy) is 2. The van der Waals surface area contributed by atoms with Gasteiger partial charge in [-0.1, -0.05) is 0 Å². The van der Waals surface area contributed by atoms with Gasteiger partial charge in [-0.3, -0.25) is 4.79 Å². The number of nitrogens with one attached hydrogen (secondary N) is 2. The lowest BCUT2D eigenvalue weighted by molar-refractivity contribution is -0.128. The Bertz CT molecular complexity index is 502. The van der Waals surface area contributed by atoms with Crippen molar-refractivity contribution >= 4 is 18.3 Å². The van der Waals surface area contributed by atoms with E-state index in [4.69, 9.17) is 9.47 Å². The van der Waals surface area contributed by atoms with Gasteiger partial charge in [-0.25, -0.2) is 4.39 Å². The molecule has 1 amide bonds. The molecular formula is C17H26ClFN2O3. The fourth-order valence-electron chi connectivity index (χ4n) is 2.82.